The van der Waals surface area contributed by atoms with Crippen LogP contribution >= 0.6 is 11.8 Å². The van der Waals surface area contributed by atoms with E-state index in [1.165, 1.54) is 17.3 Å². The van der Waals surface area contributed by atoms with Crippen molar-refractivity contribution in [3.8, 4) is 0 Å². The molecule has 1 aliphatic rings. The predicted octanol–water partition coefficient (Wildman–Crippen LogP) is 4.36. The molecule has 4 nitrogen and oxygen atoms in total. The number of fused-ring (bicyclic) bond motifs is 1. The average Bonchev–Trinajstić information content (AvgIpc) is 2.81. The Balaban J connectivity index is 1.79. The van der Waals surface area contributed by atoms with Crippen LogP contribution < -0.4 is 4.90 Å². The molecule has 0 aromatic heterocycles. The molecule has 0 saturated carbocycles. The van der Waals surface area contributed by atoms with Gasteiger partial charge in [-0.1, -0.05) is 44.2 Å². The first-order valence-electron chi connectivity index (χ1n) is 8.35. The number of anilines is 1. The summed E-state index contributed by atoms with van der Waals surface area (Å²) in [4.78, 5) is 26.5. The number of allylic oxidation sites excluding steroid dienone is 2. The Bertz CT molecular complexity index is 902. The van der Waals surface area contributed by atoms with Gasteiger partial charge in [-0.05, 0) is 23.8 Å². The molecule has 1 aliphatic heterocycles. The van der Waals surface area contributed by atoms with Gasteiger partial charge in [-0.2, -0.15) is 0 Å². The molecule has 0 radical (unpaired) electrons. The van der Waals surface area contributed by atoms with Gasteiger partial charge in [0.15, 0.2) is 5.78 Å². The van der Waals surface area contributed by atoms with Crippen LogP contribution in [0.3, 0.4) is 0 Å². The number of para-hydroxylation sites is 1. The zero-order valence-corrected chi connectivity index (χ0v) is 15.8. The minimum Gasteiger partial charge on any atom is -0.478 e. The second kappa shape index (κ2) is 7.00. The summed E-state index contributed by atoms with van der Waals surface area (Å²) in [7, 11) is 1.97. The van der Waals surface area contributed by atoms with Crippen LogP contribution in [0, 0.1) is 0 Å². The lowest BCUT2D eigenvalue weighted by Crippen LogP contribution is -2.24. The molecule has 0 atom stereocenters. The zero-order chi connectivity index (χ0) is 18.9. The van der Waals surface area contributed by atoms with Crippen molar-refractivity contribution in [1.82, 2.24) is 0 Å². The number of rotatable bonds is 5. The smallest absolute Gasteiger partial charge is 0.336 e. The van der Waals surface area contributed by atoms with Crippen LogP contribution in [0.4, 0.5) is 5.69 Å². The lowest BCUT2D eigenvalue weighted by Gasteiger charge is -2.23. The molecular formula is C21H21NO3S. The summed E-state index contributed by atoms with van der Waals surface area (Å²) in [6.45, 7) is 4.22. The van der Waals surface area contributed by atoms with E-state index in [0.717, 1.165) is 11.4 Å². The summed E-state index contributed by atoms with van der Waals surface area (Å²) >= 11 is 1.26. The Morgan fingerprint density at radius 2 is 1.77 bits per heavy atom. The molecule has 1 N–H and O–H groups in total. The number of carbonyl (C=O) groups excluding carboxylic acids is 1. The minimum atomic E-state index is -0.981. The van der Waals surface area contributed by atoms with Gasteiger partial charge in [0.05, 0.1) is 11.3 Å². The van der Waals surface area contributed by atoms with E-state index in [9.17, 15) is 14.7 Å². The predicted molar refractivity (Wildman–Crippen MR) is 105 cm³/mol. The Kier molecular flexibility index (Phi) is 4.92. The number of ketones is 1. The average molecular weight is 367 g/mol. The number of thioether (sulfide) groups is 1. The van der Waals surface area contributed by atoms with Crippen LogP contribution in [0.1, 0.15) is 29.8 Å². The molecule has 3 rings (SSSR count). The van der Waals surface area contributed by atoms with E-state index in [0.29, 0.717) is 4.90 Å². The highest BCUT2D eigenvalue weighted by Crippen LogP contribution is 2.46. The largest absolute Gasteiger partial charge is 0.478 e. The van der Waals surface area contributed by atoms with Crippen LogP contribution in [0.5, 0.6) is 0 Å². The van der Waals surface area contributed by atoms with Crippen molar-refractivity contribution in [3.05, 3.63) is 71.4 Å². The molecule has 0 fully saturated rings. The molecule has 0 spiro atoms. The fraction of sp³-hybridized carbons (Fsp3) is 0.238. The molecule has 2 aromatic carbocycles. The zero-order valence-electron chi connectivity index (χ0n) is 15.0. The standard InChI is InChI=1S/C21H21NO3S/c1-21(2)16-9-5-6-10-17(16)22(3)19(21)12-14(23)13-26-18-11-7-4-8-15(18)20(24)25/h4-12H,13H2,1-3H3,(H,24,25). The van der Waals surface area contributed by atoms with Crippen LogP contribution in [0.25, 0.3) is 0 Å². The van der Waals surface area contributed by atoms with Crippen molar-refractivity contribution in [2.75, 3.05) is 17.7 Å². The third kappa shape index (κ3) is 3.27. The van der Waals surface area contributed by atoms with Gasteiger partial charge < -0.3 is 10.0 Å². The van der Waals surface area contributed by atoms with Gasteiger partial charge in [-0.25, -0.2) is 4.79 Å². The lowest BCUT2D eigenvalue weighted by molar-refractivity contribution is -0.112. The highest BCUT2D eigenvalue weighted by Gasteiger charge is 2.38. The first-order chi connectivity index (χ1) is 12.3. The van der Waals surface area contributed by atoms with Crippen LogP contribution in [0.2, 0.25) is 0 Å². The Morgan fingerprint density at radius 3 is 2.46 bits per heavy atom. The Labute approximate surface area is 157 Å². The summed E-state index contributed by atoms with van der Waals surface area (Å²) < 4.78 is 0. The van der Waals surface area contributed by atoms with Crippen molar-refractivity contribution >= 4 is 29.2 Å². The molecule has 2 aromatic rings. The summed E-state index contributed by atoms with van der Waals surface area (Å²) in [5.41, 5.74) is 3.25. The molecule has 1 heterocycles. The first kappa shape index (κ1) is 18.3. The monoisotopic (exact) mass is 367 g/mol. The van der Waals surface area contributed by atoms with E-state index in [-0.39, 0.29) is 22.5 Å². The van der Waals surface area contributed by atoms with E-state index in [4.69, 9.17) is 0 Å². The van der Waals surface area contributed by atoms with Crippen LogP contribution in [-0.4, -0.2) is 29.7 Å². The van der Waals surface area contributed by atoms with Gasteiger partial charge in [0.1, 0.15) is 0 Å². The minimum absolute atomic E-state index is 0.0297. The molecular weight excluding hydrogens is 346 g/mol. The van der Waals surface area contributed by atoms with Crippen LogP contribution in [-0.2, 0) is 10.2 Å². The highest BCUT2D eigenvalue weighted by atomic mass is 32.2. The van der Waals surface area contributed by atoms with E-state index in [2.05, 4.69) is 30.9 Å². The summed E-state index contributed by atoms with van der Waals surface area (Å²) in [6, 6.07) is 14.9. The maximum atomic E-state index is 12.6. The highest BCUT2D eigenvalue weighted by molar-refractivity contribution is 8.00. The molecule has 0 unspecified atom stereocenters. The third-order valence-corrected chi connectivity index (χ3v) is 5.82. The first-order valence-corrected chi connectivity index (χ1v) is 9.34. The number of aromatic carboxylic acids is 1. The van der Waals surface area contributed by atoms with Gasteiger partial charge >= 0.3 is 5.97 Å². The molecule has 0 bridgehead atoms. The molecule has 134 valence electrons. The molecule has 0 saturated heterocycles. The number of nitrogens with zero attached hydrogens (tertiary/aromatic N) is 1. The molecule has 26 heavy (non-hydrogen) atoms. The fourth-order valence-electron chi connectivity index (χ4n) is 3.37. The number of carboxylic acids is 1. The van der Waals surface area contributed by atoms with Crippen molar-refractivity contribution in [2.45, 2.75) is 24.2 Å². The number of benzene rings is 2. The molecule has 0 amide bonds. The summed E-state index contributed by atoms with van der Waals surface area (Å²) in [5, 5.41) is 9.25. The topological polar surface area (TPSA) is 57.6 Å². The number of likely N-dealkylation sites (N-methyl/N-ethyl adjacent to an activating group) is 1. The van der Waals surface area contributed by atoms with E-state index >= 15 is 0 Å². The quantitative estimate of drug-likeness (QED) is 0.629. The molecule has 0 aliphatic carbocycles. The van der Waals surface area contributed by atoms with Gasteiger partial charge in [0.25, 0.3) is 0 Å². The number of carboxylic acid groups (broad SMARTS) is 1. The van der Waals surface area contributed by atoms with Gasteiger partial charge in [-0.15, -0.1) is 11.8 Å². The maximum Gasteiger partial charge on any atom is 0.336 e. The summed E-state index contributed by atoms with van der Waals surface area (Å²) in [5.74, 6) is -0.808. The van der Waals surface area contributed by atoms with Crippen molar-refractivity contribution in [2.24, 2.45) is 0 Å². The Morgan fingerprint density at radius 1 is 1.12 bits per heavy atom. The van der Waals surface area contributed by atoms with E-state index in [1.54, 1.807) is 30.3 Å². The van der Waals surface area contributed by atoms with Gasteiger partial charge in [0, 0.05) is 34.8 Å². The Hall–Kier alpha value is -2.53. The number of hydrogen-bond donors (Lipinski definition) is 1. The van der Waals surface area contributed by atoms with Crippen molar-refractivity contribution in [3.63, 3.8) is 0 Å². The molecule has 5 heteroatoms. The van der Waals surface area contributed by atoms with E-state index < -0.39 is 5.97 Å². The number of carbonyl (C=O) groups is 2. The summed E-state index contributed by atoms with van der Waals surface area (Å²) in [6.07, 6.45) is 1.69. The second-order valence-electron chi connectivity index (χ2n) is 6.79. The number of hydrogen-bond acceptors (Lipinski definition) is 4. The SMILES string of the molecule is CN1C(=CC(=O)CSc2ccccc2C(=O)O)C(C)(C)c2ccccc21. The second-order valence-corrected chi connectivity index (χ2v) is 7.80. The van der Waals surface area contributed by atoms with Gasteiger partial charge in [0.2, 0.25) is 0 Å². The normalized spacial score (nSPS) is 16.6. The van der Waals surface area contributed by atoms with Crippen LogP contribution in [0.15, 0.2) is 65.2 Å². The van der Waals surface area contributed by atoms with E-state index in [1.807, 2.05) is 19.2 Å². The maximum absolute atomic E-state index is 12.6. The van der Waals surface area contributed by atoms with Gasteiger partial charge in [-0.3, -0.25) is 4.79 Å². The third-order valence-electron chi connectivity index (χ3n) is 4.73. The van der Waals surface area contributed by atoms with Crippen molar-refractivity contribution in [1.29, 1.82) is 0 Å². The van der Waals surface area contributed by atoms with Crippen molar-refractivity contribution < 1.29 is 14.7 Å². The lowest BCUT2D eigenvalue weighted by atomic mass is 9.83. The fourth-order valence-corrected chi connectivity index (χ4v) is 4.24.